The molecule has 0 bridgehead atoms. The Morgan fingerprint density at radius 2 is 1.70 bits per heavy atom. The summed E-state index contributed by atoms with van der Waals surface area (Å²) in [5.41, 5.74) is 1.71. The second-order valence-corrected chi connectivity index (χ2v) is 8.91. The summed E-state index contributed by atoms with van der Waals surface area (Å²) >= 11 is 1.57. The van der Waals surface area contributed by atoms with Crippen LogP contribution in [0.5, 0.6) is 0 Å². The summed E-state index contributed by atoms with van der Waals surface area (Å²) in [7, 11) is -0.522. The highest BCUT2D eigenvalue weighted by Crippen LogP contribution is 2.46. The van der Waals surface area contributed by atoms with Gasteiger partial charge in [-0.3, -0.25) is 4.79 Å². The van der Waals surface area contributed by atoms with Crippen LogP contribution in [0.4, 0.5) is 0 Å². The van der Waals surface area contributed by atoms with Gasteiger partial charge in [0.15, 0.2) is 0 Å². The number of hydrogen-bond donors (Lipinski definition) is 0. The number of fused-ring (bicyclic) bond motifs is 2. The third kappa shape index (κ3) is 2.71. The lowest BCUT2D eigenvalue weighted by Crippen LogP contribution is -2.23. The molecule has 1 heterocycles. The van der Waals surface area contributed by atoms with Crippen LogP contribution in [0.15, 0.2) is 57.2 Å². The van der Waals surface area contributed by atoms with E-state index in [4.69, 9.17) is 0 Å². The molecule has 120 valence electrons. The molecule has 0 aromatic heterocycles. The van der Waals surface area contributed by atoms with Crippen molar-refractivity contribution in [2.45, 2.75) is 27.5 Å². The Kier molecular flexibility index (Phi) is 4.08. The van der Waals surface area contributed by atoms with E-state index in [0.717, 1.165) is 20.9 Å². The van der Waals surface area contributed by atoms with Crippen LogP contribution in [0.25, 0.3) is 0 Å². The van der Waals surface area contributed by atoms with E-state index in [1.165, 1.54) is 18.4 Å². The van der Waals surface area contributed by atoms with Gasteiger partial charge in [0.1, 0.15) is 5.78 Å². The summed E-state index contributed by atoms with van der Waals surface area (Å²) in [6.45, 7) is 1.55. The summed E-state index contributed by atoms with van der Waals surface area (Å²) < 4.78 is 25.9. The fourth-order valence-corrected chi connectivity index (χ4v) is 4.81. The van der Waals surface area contributed by atoms with E-state index in [9.17, 15) is 13.2 Å². The third-order valence-electron chi connectivity index (χ3n) is 3.93. The maximum Gasteiger partial charge on any atom is 0.242 e. The molecule has 0 fully saturated rings. The lowest BCUT2D eigenvalue weighted by Gasteiger charge is -2.26. The number of nitrogens with zero attached hydrogens (tertiary/aromatic N) is 1. The average Bonchev–Trinajstić information content (AvgIpc) is 2.51. The number of benzene rings is 2. The Morgan fingerprint density at radius 3 is 2.35 bits per heavy atom. The molecule has 3 rings (SSSR count). The molecule has 6 heteroatoms. The molecule has 0 amide bonds. The summed E-state index contributed by atoms with van der Waals surface area (Å²) in [6.07, 6.45) is 0. The maximum atomic E-state index is 12.4. The normalized spacial score (nSPS) is 16.8. The number of hydrogen-bond acceptors (Lipinski definition) is 4. The van der Waals surface area contributed by atoms with Gasteiger partial charge in [-0.1, -0.05) is 30.0 Å². The van der Waals surface area contributed by atoms with Crippen molar-refractivity contribution >= 4 is 27.6 Å². The number of ketones is 1. The van der Waals surface area contributed by atoms with Crippen molar-refractivity contribution in [1.29, 1.82) is 0 Å². The van der Waals surface area contributed by atoms with Crippen molar-refractivity contribution in [2.24, 2.45) is 0 Å². The summed E-state index contributed by atoms with van der Waals surface area (Å²) in [5.74, 6) is -0.404. The average molecular weight is 347 g/mol. The van der Waals surface area contributed by atoms with Crippen LogP contribution in [0, 0.1) is 0 Å². The van der Waals surface area contributed by atoms with Gasteiger partial charge in [0, 0.05) is 23.9 Å². The lowest BCUT2D eigenvalue weighted by atomic mass is 9.88. The number of Topliss-reactive ketones (excluding diaryl/α,β-unsaturated/α-hetero) is 1. The van der Waals surface area contributed by atoms with E-state index in [0.29, 0.717) is 0 Å². The van der Waals surface area contributed by atoms with Gasteiger partial charge in [0.05, 0.1) is 10.8 Å². The van der Waals surface area contributed by atoms with E-state index in [1.54, 1.807) is 36.9 Å². The van der Waals surface area contributed by atoms with E-state index < -0.39 is 15.9 Å². The van der Waals surface area contributed by atoms with Gasteiger partial charge in [0.2, 0.25) is 10.0 Å². The van der Waals surface area contributed by atoms with Crippen molar-refractivity contribution in [2.75, 3.05) is 14.1 Å². The smallest absolute Gasteiger partial charge is 0.242 e. The predicted molar refractivity (Wildman–Crippen MR) is 90.4 cm³/mol. The minimum atomic E-state index is -3.52. The standard InChI is InChI=1S/C17H17NO3S2/c1-11(19)17-13-6-4-5-7-15(13)22-16-9-8-12(10-14(16)17)23(20,21)18(2)3/h4-10,17H,1-3H3. The molecule has 0 N–H and O–H groups in total. The Hall–Kier alpha value is -1.63. The van der Waals surface area contributed by atoms with Gasteiger partial charge in [-0.15, -0.1) is 0 Å². The maximum absolute atomic E-state index is 12.4. The molecule has 1 unspecified atom stereocenters. The first kappa shape index (κ1) is 16.2. The fourth-order valence-electron chi connectivity index (χ4n) is 2.75. The number of sulfonamides is 1. The Bertz CT molecular complexity index is 888. The Labute approximate surface area is 140 Å². The first-order chi connectivity index (χ1) is 10.8. The molecule has 0 saturated heterocycles. The van der Waals surface area contributed by atoms with Gasteiger partial charge in [-0.2, -0.15) is 0 Å². The van der Waals surface area contributed by atoms with Crippen molar-refractivity contribution in [3.8, 4) is 0 Å². The highest BCUT2D eigenvalue weighted by Gasteiger charge is 2.31. The van der Waals surface area contributed by atoms with Crippen LogP contribution in [-0.2, 0) is 14.8 Å². The van der Waals surface area contributed by atoms with Gasteiger partial charge in [-0.25, -0.2) is 12.7 Å². The summed E-state index contributed by atoms with van der Waals surface area (Å²) in [5, 5.41) is 0. The van der Waals surface area contributed by atoms with E-state index in [-0.39, 0.29) is 10.7 Å². The van der Waals surface area contributed by atoms with Crippen LogP contribution in [-0.4, -0.2) is 32.6 Å². The molecule has 4 nitrogen and oxygen atoms in total. The Balaban J connectivity index is 2.20. The minimum absolute atomic E-state index is 0.0124. The molecule has 2 aromatic carbocycles. The van der Waals surface area contributed by atoms with Crippen LogP contribution < -0.4 is 0 Å². The topological polar surface area (TPSA) is 54.5 Å². The van der Waals surface area contributed by atoms with Crippen molar-refractivity contribution in [3.05, 3.63) is 53.6 Å². The Morgan fingerprint density at radius 1 is 1.04 bits per heavy atom. The van der Waals surface area contributed by atoms with E-state index in [2.05, 4.69) is 0 Å². The number of carbonyl (C=O) groups is 1. The molecule has 1 aliphatic rings. The van der Waals surface area contributed by atoms with Gasteiger partial charge in [0.25, 0.3) is 0 Å². The minimum Gasteiger partial charge on any atom is -0.299 e. The molecular weight excluding hydrogens is 330 g/mol. The van der Waals surface area contributed by atoms with Crippen molar-refractivity contribution < 1.29 is 13.2 Å². The predicted octanol–water partition coefficient (Wildman–Crippen LogP) is 3.12. The highest BCUT2D eigenvalue weighted by atomic mass is 32.2. The van der Waals surface area contributed by atoms with E-state index in [1.807, 2.05) is 24.3 Å². The second-order valence-electron chi connectivity index (χ2n) is 5.67. The zero-order valence-corrected chi connectivity index (χ0v) is 14.7. The third-order valence-corrected chi connectivity index (χ3v) is 6.92. The summed E-state index contributed by atoms with van der Waals surface area (Å²) in [4.78, 5) is 14.4. The largest absolute Gasteiger partial charge is 0.299 e. The monoisotopic (exact) mass is 347 g/mol. The van der Waals surface area contributed by atoms with E-state index >= 15 is 0 Å². The first-order valence-corrected chi connectivity index (χ1v) is 9.41. The molecule has 0 radical (unpaired) electrons. The van der Waals surface area contributed by atoms with Crippen molar-refractivity contribution in [1.82, 2.24) is 4.31 Å². The molecular formula is C17H17NO3S2. The van der Waals surface area contributed by atoms with Crippen LogP contribution in [0.3, 0.4) is 0 Å². The molecule has 0 spiro atoms. The van der Waals surface area contributed by atoms with Crippen LogP contribution >= 0.6 is 11.8 Å². The zero-order chi connectivity index (χ0) is 16.8. The van der Waals surface area contributed by atoms with Crippen LogP contribution in [0.1, 0.15) is 24.0 Å². The summed E-state index contributed by atoms with van der Waals surface area (Å²) in [6, 6.07) is 12.8. The van der Waals surface area contributed by atoms with Gasteiger partial charge < -0.3 is 0 Å². The molecule has 0 aliphatic carbocycles. The molecule has 1 atom stereocenters. The number of carbonyl (C=O) groups excluding carboxylic acids is 1. The SMILES string of the molecule is CC(=O)C1c2ccccc2Sc2ccc(S(=O)(=O)N(C)C)cc21. The molecule has 1 aliphatic heterocycles. The lowest BCUT2D eigenvalue weighted by molar-refractivity contribution is -0.117. The van der Waals surface area contributed by atoms with Gasteiger partial charge in [-0.05, 0) is 42.3 Å². The molecule has 23 heavy (non-hydrogen) atoms. The van der Waals surface area contributed by atoms with Crippen LogP contribution in [0.2, 0.25) is 0 Å². The molecule has 0 saturated carbocycles. The zero-order valence-electron chi connectivity index (χ0n) is 13.1. The number of rotatable bonds is 3. The van der Waals surface area contributed by atoms with Gasteiger partial charge >= 0.3 is 0 Å². The quantitative estimate of drug-likeness (QED) is 0.856. The molecule has 2 aromatic rings. The fraction of sp³-hybridized carbons (Fsp3) is 0.235. The second kappa shape index (κ2) is 5.78. The van der Waals surface area contributed by atoms with Crippen molar-refractivity contribution in [3.63, 3.8) is 0 Å². The highest BCUT2D eigenvalue weighted by molar-refractivity contribution is 7.99. The first-order valence-electron chi connectivity index (χ1n) is 7.16.